The van der Waals surface area contributed by atoms with Gasteiger partial charge in [0.1, 0.15) is 0 Å². The van der Waals surface area contributed by atoms with Crippen molar-refractivity contribution in [1.29, 1.82) is 0 Å². The molecule has 1 saturated heterocycles. The van der Waals surface area contributed by atoms with Gasteiger partial charge in [-0.3, -0.25) is 4.79 Å². The van der Waals surface area contributed by atoms with Crippen molar-refractivity contribution in [2.45, 2.75) is 38.1 Å². The summed E-state index contributed by atoms with van der Waals surface area (Å²) in [4.78, 5) is 25.1. The van der Waals surface area contributed by atoms with Crippen LogP contribution >= 0.6 is 0 Å². The molecule has 0 spiro atoms. The third kappa shape index (κ3) is 7.13. The first-order valence-electron chi connectivity index (χ1n) is 8.89. The Hall–Kier alpha value is -2.08. The fourth-order valence-electron chi connectivity index (χ4n) is 3.13. The van der Waals surface area contributed by atoms with Gasteiger partial charge in [0.2, 0.25) is 0 Å². The molecule has 6 heteroatoms. The number of ether oxygens (including phenoxy) is 1. The average molecular weight is 348 g/mol. The van der Waals surface area contributed by atoms with Crippen molar-refractivity contribution in [3.63, 3.8) is 0 Å². The van der Waals surface area contributed by atoms with Crippen LogP contribution in [0.4, 0.5) is 4.79 Å². The smallest absolute Gasteiger partial charge is 0.317 e. The number of rotatable bonds is 8. The lowest BCUT2D eigenvalue weighted by Crippen LogP contribution is -2.46. The van der Waals surface area contributed by atoms with Gasteiger partial charge >= 0.3 is 12.0 Å². The number of carbonyl (C=O) groups is 2. The zero-order valence-corrected chi connectivity index (χ0v) is 14.8. The van der Waals surface area contributed by atoms with Crippen LogP contribution in [0.2, 0.25) is 0 Å². The Morgan fingerprint density at radius 1 is 1.36 bits per heavy atom. The minimum Gasteiger partial charge on any atom is -0.481 e. The monoisotopic (exact) mass is 348 g/mol. The predicted molar refractivity (Wildman–Crippen MR) is 95.5 cm³/mol. The van der Waals surface area contributed by atoms with E-state index in [1.54, 1.807) is 11.9 Å². The van der Waals surface area contributed by atoms with E-state index in [1.165, 1.54) is 0 Å². The van der Waals surface area contributed by atoms with Crippen LogP contribution in [0.1, 0.15) is 31.2 Å². The van der Waals surface area contributed by atoms with E-state index in [9.17, 15) is 9.59 Å². The fraction of sp³-hybridized carbons (Fsp3) is 0.579. The summed E-state index contributed by atoms with van der Waals surface area (Å²) in [6, 6.07) is 9.45. The molecule has 2 rings (SSSR count). The highest BCUT2D eigenvalue weighted by atomic mass is 16.5. The van der Waals surface area contributed by atoms with Gasteiger partial charge in [0.25, 0.3) is 0 Å². The van der Waals surface area contributed by atoms with E-state index in [4.69, 9.17) is 9.84 Å². The molecule has 1 fully saturated rings. The van der Waals surface area contributed by atoms with Gasteiger partial charge in [0.05, 0.1) is 6.61 Å². The summed E-state index contributed by atoms with van der Waals surface area (Å²) in [7, 11) is 1.78. The van der Waals surface area contributed by atoms with E-state index in [-0.39, 0.29) is 18.5 Å². The van der Waals surface area contributed by atoms with Crippen molar-refractivity contribution in [3.8, 4) is 0 Å². The number of carboxylic acid groups (broad SMARTS) is 1. The average Bonchev–Trinajstić information content (AvgIpc) is 2.61. The quantitative estimate of drug-likeness (QED) is 0.757. The van der Waals surface area contributed by atoms with Crippen molar-refractivity contribution >= 4 is 12.0 Å². The summed E-state index contributed by atoms with van der Waals surface area (Å²) in [5.74, 6) is -0.476. The highest BCUT2D eigenvalue weighted by molar-refractivity contribution is 5.74. The largest absolute Gasteiger partial charge is 0.481 e. The molecule has 138 valence electrons. The van der Waals surface area contributed by atoms with Gasteiger partial charge in [-0.05, 0) is 31.2 Å². The zero-order chi connectivity index (χ0) is 18.1. The van der Waals surface area contributed by atoms with Crippen LogP contribution < -0.4 is 5.32 Å². The maximum Gasteiger partial charge on any atom is 0.317 e. The van der Waals surface area contributed by atoms with E-state index < -0.39 is 5.97 Å². The normalized spacial score (nSPS) is 18.4. The summed E-state index contributed by atoms with van der Waals surface area (Å²) in [5, 5.41) is 11.9. The molecule has 0 aliphatic carbocycles. The number of nitrogens with one attached hydrogen (secondary N) is 1. The molecule has 25 heavy (non-hydrogen) atoms. The summed E-state index contributed by atoms with van der Waals surface area (Å²) in [5.41, 5.74) is 1.08. The molecule has 2 unspecified atom stereocenters. The van der Waals surface area contributed by atoms with Gasteiger partial charge in [0, 0.05) is 38.6 Å². The SMILES string of the molecule is CN(CC1CCCOC1)C(=O)NC(CCC(=O)O)Cc1ccccc1. The van der Waals surface area contributed by atoms with Crippen LogP contribution in [0.15, 0.2) is 30.3 Å². The molecule has 0 radical (unpaired) electrons. The highest BCUT2D eigenvalue weighted by Crippen LogP contribution is 2.15. The summed E-state index contributed by atoms with van der Waals surface area (Å²) in [6.45, 7) is 2.16. The second-order valence-electron chi connectivity index (χ2n) is 6.73. The van der Waals surface area contributed by atoms with Crippen molar-refractivity contribution in [2.24, 2.45) is 5.92 Å². The number of hydrogen-bond donors (Lipinski definition) is 2. The number of nitrogens with zero attached hydrogens (tertiary/aromatic N) is 1. The molecule has 1 aliphatic heterocycles. The molecule has 2 amide bonds. The number of amides is 2. The van der Waals surface area contributed by atoms with E-state index >= 15 is 0 Å². The molecule has 6 nitrogen and oxygen atoms in total. The van der Waals surface area contributed by atoms with Gasteiger partial charge in [-0.25, -0.2) is 4.79 Å². The lowest BCUT2D eigenvalue weighted by molar-refractivity contribution is -0.137. The maximum atomic E-state index is 12.5. The Bertz CT molecular complexity index is 544. The Morgan fingerprint density at radius 2 is 2.12 bits per heavy atom. The lowest BCUT2D eigenvalue weighted by Gasteiger charge is -2.29. The van der Waals surface area contributed by atoms with Crippen LogP contribution in [-0.4, -0.2) is 54.9 Å². The van der Waals surface area contributed by atoms with Crippen LogP contribution in [0.3, 0.4) is 0 Å². The number of hydrogen-bond acceptors (Lipinski definition) is 3. The van der Waals surface area contributed by atoms with E-state index in [0.717, 1.165) is 25.0 Å². The second-order valence-corrected chi connectivity index (χ2v) is 6.73. The lowest BCUT2D eigenvalue weighted by atomic mass is 10.0. The molecule has 1 heterocycles. The Morgan fingerprint density at radius 3 is 2.76 bits per heavy atom. The molecular formula is C19H28N2O4. The van der Waals surface area contributed by atoms with Crippen molar-refractivity contribution in [1.82, 2.24) is 10.2 Å². The van der Waals surface area contributed by atoms with E-state index in [2.05, 4.69) is 5.32 Å². The number of carbonyl (C=O) groups excluding carboxylic acids is 1. The second kappa shape index (κ2) is 10.0. The van der Waals surface area contributed by atoms with Crippen LogP contribution in [0.25, 0.3) is 0 Å². The first kappa shape index (κ1) is 19.2. The van der Waals surface area contributed by atoms with E-state index in [0.29, 0.717) is 31.9 Å². The summed E-state index contributed by atoms with van der Waals surface area (Å²) < 4.78 is 5.46. The standard InChI is InChI=1S/C19H28N2O4/c1-21(13-16-8-5-11-25-14-16)19(24)20-17(9-10-18(22)23)12-15-6-3-2-4-7-15/h2-4,6-7,16-17H,5,8-14H2,1H3,(H,20,24)(H,22,23). The van der Waals surface area contributed by atoms with Gasteiger partial charge < -0.3 is 20.1 Å². The molecule has 0 bridgehead atoms. The number of carboxylic acids is 1. The Balaban J connectivity index is 1.89. The van der Waals surface area contributed by atoms with Crippen molar-refractivity contribution < 1.29 is 19.4 Å². The van der Waals surface area contributed by atoms with Crippen LogP contribution in [0.5, 0.6) is 0 Å². The van der Waals surface area contributed by atoms with Gasteiger partial charge in [-0.1, -0.05) is 30.3 Å². The minimum absolute atomic E-state index is 0.0396. The summed E-state index contributed by atoms with van der Waals surface area (Å²) >= 11 is 0. The Kier molecular flexibility index (Phi) is 7.73. The van der Waals surface area contributed by atoms with Gasteiger partial charge in [0.15, 0.2) is 0 Å². The van der Waals surface area contributed by atoms with Crippen molar-refractivity contribution in [3.05, 3.63) is 35.9 Å². The number of benzene rings is 1. The first-order chi connectivity index (χ1) is 12.0. The highest BCUT2D eigenvalue weighted by Gasteiger charge is 2.21. The third-order valence-electron chi connectivity index (χ3n) is 4.49. The first-order valence-corrected chi connectivity index (χ1v) is 8.89. The Labute approximate surface area is 149 Å². The molecule has 0 aromatic heterocycles. The van der Waals surface area contributed by atoms with Gasteiger partial charge in [-0.15, -0.1) is 0 Å². The summed E-state index contributed by atoms with van der Waals surface area (Å²) in [6.07, 6.45) is 3.19. The van der Waals surface area contributed by atoms with Gasteiger partial charge in [-0.2, -0.15) is 0 Å². The third-order valence-corrected chi connectivity index (χ3v) is 4.49. The molecular weight excluding hydrogens is 320 g/mol. The number of aliphatic carboxylic acids is 1. The molecule has 1 aromatic carbocycles. The molecule has 1 aromatic rings. The van der Waals surface area contributed by atoms with E-state index in [1.807, 2.05) is 30.3 Å². The van der Waals surface area contributed by atoms with Crippen LogP contribution in [0, 0.1) is 5.92 Å². The number of urea groups is 1. The molecule has 0 saturated carbocycles. The fourth-order valence-corrected chi connectivity index (χ4v) is 3.13. The topological polar surface area (TPSA) is 78.9 Å². The molecule has 2 atom stereocenters. The minimum atomic E-state index is -0.847. The maximum absolute atomic E-state index is 12.5. The molecule has 1 aliphatic rings. The van der Waals surface area contributed by atoms with Crippen LogP contribution in [-0.2, 0) is 16.0 Å². The molecule has 2 N–H and O–H groups in total. The zero-order valence-electron chi connectivity index (χ0n) is 14.8. The predicted octanol–water partition coefficient (Wildman–Crippen LogP) is 2.53. The van der Waals surface area contributed by atoms with Crippen molar-refractivity contribution in [2.75, 3.05) is 26.8 Å².